The van der Waals surface area contributed by atoms with Gasteiger partial charge in [-0.05, 0) is 55.5 Å². The van der Waals surface area contributed by atoms with E-state index in [1.165, 1.54) is 22.3 Å². The number of hydrogen-bond acceptors (Lipinski definition) is 4. The number of ether oxygens (including phenoxy) is 1. The smallest absolute Gasteiger partial charge is 0.341 e. The number of anilines is 1. The van der Waals surface area contributed by atoms with Gasteiger partial charge in [-0.15, -0.1) is 11.3 Å². The molecule has 1 aromatic carbocycles. The molecule has 1 aromatic heterocycles. The van der Waals surface area contributed by atoms with Crippen LogP contribution >= 0.6 is 22.9 Å². The Hall–Kier alpha value is -2.11. The Morgan fingerprint density at radius 3 is 2.76 bits per heavy atom. The van der Waals surface area contributed by atoms with Crippen molar-refractivity contribution < 1.29 is 14.3 Å². The van der Waals surface area contributed by atoms with Gasteiger partial charge in [0.05, 0.1) is 12.2 Å². The van der Waals surface area contributed by atoms with Gasteiger partial charge in [0.1, 0.15) is 5.00 Å². The molecule has 0 spiro atoms. The lowest BCUT2D eigenvalue weighted by molar-refractivity contribution is -0.111. The van der Waals surface area contributed by atoms with Crippen LogP contribution in [0.5, 0.6) is 0 Å². The molecule has 0 bridgehead atoms. The molecule has 0 fully saturated rings. The van der Waals surface area contributed by atoms with Crippen molar-refractivity contribution in [2.24, 2.45) is 0 Å². The van der Waals surface area contributed by atoms with Gasteiger partial charge in [0.25, 0.3) is 0 Å². The average Bonchev–Trinajstić information content (AvgIpc) is 3.15. The molecule has 25 heavy (non-hydrogen) atoms. The average molecular weight is 376 g/mol. The summed E-state index contributed by atoms with van der Waals surface area (Å²) in [7, 11) is 0. The van der Waals surface area contributed by atoms with Gasteiger partial charge < -0.3 is 10.1 Å². The predicted octanol–water partition coefficient (Wildman–Crippen LogP) is 4.72. The van der Waals surface area contributed by atoms with Gasteiger partial charge >= 0.3 is 5.97 Å². The molecule has 2 aromatic rings. The second-order valence-electron chi connectivity index (χ2n) is 5.66. The standard InChI is InChI=1S/C19H18ClNO3S/c1-2-24-19(23)17-14-4-3-5-15(14)25-18(17)21-16(22)11-8-12-6-9-13(20)10-7-12/h6-11H,2-5H2,1H3,(H,21,22). The summed E-state index contributed by atoms with van der Waals surface area (Å²) >= 11 is 7.32. The molecule has 1 aliphatic rings. The minimum Gasteiger partial charge on any atom is -0.462 e. The minimum absolute atomic E-state index is 0.277. The first-order valence-corrected chi connectivity index (χ1v) is 9.34. The van der Waals surface area contributed by atoms with Gasteiger partial charge in [-0.1, -0.05) is 23.7 Å². The van der Waals surface area contributed by atoms with Crippen LogP contribution in [0.2, 0.25) is 5.02 Å². The maximum Gasteiger partial charge on any atom is 0.341 e. The lowest BCUT2D eigenvalue weighted by atomic mass is 10.1. The third-order valence-electron chi connectivity index (χ3n) is 3.93. The van der Waals surface area contributed by atoms with Crippen LogP contribution in [-0.4, -0.2) is 18.5 Å². The number of nitrogens with one attached hydrogen (secondary N) is 1. The Balaban J connectivity index is 1.77. The number of hydrogen-bond donors (Lipinski definition) is 1. The number of aryl methyl sites for hydroxylation is 1. The van der Waals surface area contributed by atoms with Crippen LogP contribution in [0.3, 0.4) is 0 Å². The van der Waals surface area contributed by atoms with Gasteiger partial charge in [0.2, 0.25) is 5.91 Å². The first-order valence-electron chi connectivity index (χ1n) is 8.14. The van der Waals surface area contributed by atoms with Crippen molar-refractivity contribution in [1.29, 1.82) is 0 Å². The highest BCUT2D eigenvalue weighted by Gasteiger charge is 2.27. The first-order chi connectivity index (χ1) is 12.1. The molecule has 1 amide bonds. The molecule has 4 nitrogen and oxygen atoms in total. The highest BCUT2D eigenvalue weighted by atomic mass is 35.5. The summed E-state index contributed by atoms with van der Waals surface area (Å²) in [5, 5.41) is 4.05. The van der Waals surface area contributed by atoms with E-state index in [9.17, 15) is 9.59 Å². The van der Waals surface area contributed by atoms with E-state index in [0.717, 1.165) is 30.4 Å². The molecular weight excluding hydrogens is 358 g/mol. The molecule has 0 unspecified atom stereocenters. The van der Waals surface area contributed by atoms with Crippen LogP contribution in [0.25, 0.3) is 6.08 Å². The van der Waals surface area contributed by atoms with Gasteiger partial charge in [-0.3, -0.25) is 4.79 Å². The number of rotatable bonds is 5. The molecule has 0 radical (unpaired) electrons. The van der Waals surface area contributed by atoms with Gasteiger partial charge in [0, 0.05) is 16.0 Å². The van der Waals surface area contributed by atoms with Crippen LogP contribution < -0.4 is 5.32 Å². The number of carbonyl (C=O) groups excluding carboxylic acids is 2. The molecule has 6 heteroatoms. The number of benzene rings is 1. The predicted molar refractivity (Wildman–Crippen MR) is 101 cm³/mol. The maximum atomic E-state index is 12.3. The van der Waals surface area contributed by atoms with E-state index in [2.05, 4.69) is 5.32 Å². The van der Waals surface area contributed by atoms with Crippen LogP contribution in [-0.2, 0) is 22.4 Å². The summed E-state index contributed by atoms with van der Waals surface area (Å²) in [4.78, 5) is 25.7. The van der Waals surface area contributed by atoms with Crippen molar-refractivity contribution in [2.75, 3.05) is 11.9 Å². The van der Waals surface area contributed by atoms with E-state index in [1.807, 2.05) is 12.1 Å². The lowest BCUT2D eigenvalue weighted by Gasteiger charge is -2.06. The number of fused-ring (bicyclic) bond motifs is 1. The molecule has 1 N–H and O–H groups in total. The van der Waals surface area contributed by atoms with Crippen molar-refractivity contribution in [1.82, 2.24) is 0 Å². The molecule has 3 rings (SSSR count). The monoisotopic (exact) mass is 375 g/mol. The van der Waals surface area contributed by atoms with Crippen molar-refractivity contribution in [3.8, 4) is 0 Å². The summed E-state index contributed by atoms with van der Waals surface area (Å²) in [6.07, 6.45) is 6.00. The number of esters is 1. The highest BCUT2D eigenvalue weighted by molar-refractivity contribution is 7.17. The van der Waals surface area contributed by atoms with Crippen molar-refractivity contribution in [3.05, 3.63) is 56.9 Å². The molecule has 0 saturated heterocycles. The zero-order valence-electron chi connectivity index (χ0n) is 13.8. The summed E-state index contributed by atoms with van der Waals surface area (Å²) in [6.45, 7) is 2.09. The molecule has 0 atom stereocenters. The summed E-state index contributed by atoms with van der Waals surface area (Å²) < 4.78 is 5.16. The van der Waals surface area contributed by atoms with Gasteiger partial charge in [-0.25, -0.2) is 4.79 Å². The fraction of sp³-hybridized carbons (Fsp3) is 0.263. The molecule has 0 aliphatic heterocycles. The summed E-state index contributed by atoms with van der Waals surface area (Å²) in [5.41, 5.74) is 2.42. The Morgan fingerprint density at radius 2 is 2.04 bits per heavy atom. The van der Waals surface area contributed by atoms with Crippen molar-refractivity contribution in [2.45, 2.75) is 26.2 Å². The summed E-state index contributed by atoms with van der Waals surface area (Å²) in [5.74, 6) is -0.640. The van der Waals surface area contributed by atoms with Crippen molar-refractivity contribution in [3.63, 3.8) is 0 Å². The van der Waals surface area contributed by atoms with Crippen LogP contribution in [0.1, 0.15) is 39.7 Å². The van der Waals surface area contributed by atoms with Crippen molar-refractivity contribution >= 4 is 45.9 Å². The van der Waals surface area contributed by atoms with E-state index >= 15 is 0 Å². The largest absolute Gasteiger partial charge is 0.462 e. The Kier molecular flexibility index (Phi) is 5.56. The number of thiophene rings is 1. The van der Waals surface area contributed by atoms with E-state index in [0.29, 0.717) is 22.2 Å². The fourth-order valence-corrected chi connectivity index (χ4v) is 4.22. The quantitative estimate of drug-likeness (QED) is 0.607. The molecule has 1 heterocycles. The van der Waals surface area contributed by atoms with Gasteiger partial charge in [-0.2, -0.15) is 0 Å². The molecule has 0 saturated carbocycles. The first kappa shape index (κ1) is 17.7. The number of amides is 1. The topological polar surface area (TPSA) is 55.4 Å². The molecular formula is C19H18ClNO3S. The minimum atomic E-state index is -0.362. The summed E-state index contributed by atoms with van der Waals surface area (Å²) in [6, 6.07) is 7.19. The van der Waals surface area contributed by atoms with E-state index in [-0.39, 0.29) is 11.9 Å². The highest BCUT2D eigenvalue weighted by Crippen LogP contribution is 2.39. The zero-order valence-corrected chi connectivity index (χ0v) is 15.4. The Labute approximate surface area is 155 Å². The second kappa shape index (κ2) is 7.85. The van der Waals surface area contributed by atoms with Crippen LogP contribution in [0.15, 0.2) is 30.3 Å². The third kappa shape index (κ3) is 4.11. The fourth-order valence-electron chi connectivity index (χ4n) is 2.81. The maximum absolute atomic E-state index is 12.3. The van der Waals surface area contributed by atoms with E-state index in [1.54, 1.807) is 25.1 Å². The van der Waals surface area contributed by atoms with E-state index < -0.39 is 0 Å². The zero-order chi connectivity index (χ0) is 17.8. The Morgan fingerprint density at radius 1 is 1.28 bits per heavy atom. The van der Waals surface area contributed by atoms with Crippen LogP contribution in [0.4, 0.5) is 5.00 Å². The molecule has 1 aliphatic carbocycles. The molecule has 130 valence electrons. The SMILES string of the molecule is CCOC(=O)c1c(NC(=O)C=Cc2ccc(Cl)cc2)sc2c1CCC2. The third-order valence-corrected chi connectivity index (χ3v) is 5.39. The normalized spacial score (nSPS) is 13.0. The number of halogens is 1. The number of carbonyl (C=O) groups is 2. The van der Waals surface area contributed by atoms with E-state index in [4.69, 9.17) is 16.3 Å². The lowest BCUT2D eigenvalue weighted by Crippen LogP contribution is -2.13. The Bertz CT molecular complexity index is 824. The second-order valence-corrected chi connectivity index (χ2v) is 7.20. The van der Waals surface area contributed by atoms with Gasteiger partial charge in [0.15, 0.2) is 0 Å². The van der Waals surface area contributed by atoms with Crippen LogP contribution in [0, 0.1) is 0 Å².